The Hall–Kier alpha value is -4.00. The molecule has 3 atom stereocenters. The Kier molecular flexibility index (Phi) is 8.05. The van der Waals surface area contributed by atoms with Crippen molar-refractivity contribution in [2.75, 3.05) is 6.54 Å². The van der Waals surface area contributed by atoms with Gasteiger partial charge in [-0.3, -0.25) is 9.59 Å². The number of aromatic nitrogens is 2. The van der Waals surface area contributed by atoms with E-state index in [9.17, 15) is 14.0 Å². The van der Waals surface area contributed by atoms with Crippen LogP contribution in [0.1, 0.15) is 67.3 Å². The molecule has 0 radical (unpaired) electrons. The molecule has 2 aromatic carbocycles. The van der Waals surface area contributed by atoms with Gasteiger partial charge in [0.05, 0.1) is 12.6 Å². The maximum atomic E-state index is 14.5. The van der Waals surface area contributed by atoms with Crippen LogP contribution in [0.25, 0.3) is 11.0 Å². The summed E-state index contributed by atoms with van der Waals surface area (Å²) in [5.41, 5.74) is 4.94. The summed E-state index contributed by atoms with van der Waals surface area (Å²) in [5.74, 6) is 0.0814. The average molecular weight is 527 g/mol. The van der Waals surface area contributed by atoms with Crippen molar-refractivity contribution in [1.29, 1.82) is 0 Å². The lowest BCUT2D eigenvalue weighted by Crippen LogP contribution is -2.40. The minimum Gasteiger partial charge on any atom is -0.346 e. The smallest absolute Gasteiger partial charge is 0.223 e. The third-order valence-electron chi connectivity index (χ3n) is 7.56. The first kappa shape index (κ1) is 26.6. The molecule has 4 aromatic rings. The zero-order chi connectivity index (χ0) is 27.4. The highest BCUT2D eigenvalue weighted by Gasteiger charge is 2.36. The van der Waals surface area contributed by atoms with Crippen LogP contribution in [-0.2, 0) is 16.0 Å². The third kappa shape index (κ3) is 6.36. The fourth-order valence-electron chi connectivity index (χ4n) is 5.39. The maximum Gasteiger partial charge on any atom is 0.223 e. The lowest BCUT2D eigenvalue weighted by atomic mass is 9.95. The topological polar surface area (TPSA) is 78.1 Å². The van der Waals surface area contributed by atoms with E-state index >= 15 is 0 Å². The van der Waals surface area contributed by atoms with Gasteiger partial charge in [0.2, 0.25) is 11.8 Å². The summed E-state index contributed by atoms with van der Waals surface area (Å²) in [6, 6.07) is 21.3. The SMILES string of the molecule is CC(C)c1ccc([C@@H](NC(=O)CC2C[C@@H](F)CN2C(=O)CCc2cnc3[nH]ccc3c2)c2ccccc2)cc1. The normalized spacial score (nSPS) is 18.0. The van der Waals surface area contributed by atoms with Crippen molar-refractivity contribution in [3.63, 3.8) is 0 Å². The van der Waals surface area contributed by atoms with Gasteiger partial charge in [-0.25, -0.2) is 9.37 Å². The largest absolute Gasteiger partial charge is 0.346 e. The van der Waals surface area contributed by atoms with E-state index in [1.807, 2.05) is 48.7 Å². The van der Waals surface area contributed by atoms with Gasteiger partial charge in [0.25, 0.3) is 0 Å². The first-order valence-corrected chi connectivity index (χ1v) is 13.7. The molecule has 1 unspecified atom stereocenters. The molecular weight excluding hydrogens is 491 g/mol. The predicted molar refractivity (Wildman–Crippen MR) is 151 cm³/mol. The van der Waals surface area contributed by atoms with E-state index in [1.54, 1.807) is 11.1 Å². The maximum absolute atomic E-state index is 14.5. The average Bonchev–Trinajstić information content (AvgIpc) is 3.56. The summed E-state index contributed by atoms with van der Waals surface area (Å²) < 4.78 is 14.5. The fourth-order valence-corrected chi connectivity index (χ4v) is 5.39. The second-order valence-electron chi connectivity index (χ2n) is 10.7. The van der Waals surface area contributed by atoms with Crippen LogP contribution in [0.3, 0.4) is 0 Å². The molecule has 7 heteroatoms. The van der Waals surface area contributed by atoms with Crippen LogP contribution in [0.4, 0.5) is 4.39 Å². The number of likely N-dealkylation sites (tertiary alicyclic amines) is 1. The van der Waals surface area contributed by atoms with E-state index in [-0.39, 0.29) is 43.7 Å². The van der Waals surface area contributed by atoms with Crippen molar-refractivity contribution in [3.8, 4) is 0 Å². The second kappa shape index (κ2) is 11.8. The summed E-state index contributed by atoms with van der Waals surface area (Å²) in [4.78, 5) is 35.4. The molecule has 0 aliphatic carbocycles. The highest BCUT2D eigenvalue weighted by molar-refractivity contribution is 5.81. The third-order valence-corrected chi connectivity index (χ3v) is 7.56. The number of hydrogen-bond acceptors (Lipinski definition) is 3. The number of halogens is 1. The van der Waals surface area contributed by atoms with Gasteiger partial charge in [0.15, 0.2) is 0 Å². The van der Waals surface area contributed by atoms with Crippen molar-refractivity contribution in [3.05, 3.63) is 101 Å². The number of fused-ring (bicyclic) bond motifs is 1. The van der Waals surface area contributed by atoms with E-state index in [2.05, 4.69) is 53.4 Å². The molecule has 202 valence electrons. The van der Waals surface area contributed by atoms with Crippen LogP contribution >= 0.6 is 0 Å². The minimum atomic E-state index is -1.13. The van der Waals surface area contributed by atoms with Crippen molar-refractivity contribution < 1.29 is 14.0 Å². The van der Waals surface area contributed by atoms with Crippen molar-refractivity contribution in [1.82, 2.24) is 20.2 Å². The Bertz CT molecular complexity index is 1420. The van der Waals surface area contributed by atoms with Gasteiger partial charge in [-0.05, 0) is 46.7 Å². The lowest BCUT2D eigenvalue weighted by Gasteiger charge is -2.26. The van der Waals surface area contributed by atoms with Crippen LogP contribution < -0.4 is 5.32 Å². The molecule has 1 aliphatic heterocycles. The fraction of sp³-hybridized carbons (Fsp3) is 0.344. The number of nitrogens with one attached hydrogen (secondary N) is 2. The summed E-state index contributed by atoms with van der Waals surface area (Å²) in [6.45, 7) is 4.33. The number of nitrogens with zero attached hydrogens (tertiary/aromatic N) is 2. The lowest BCUT2D eigenvalue weighted by molar-refractivity contribution is -0.133. The Labute approximate surface area is 228 Å². The Balaban J connectivity index is 1.25. The van der Waals surface area contributed by atoms with Gasteiger partial charge >= 0.3 is 0 Å². The van der Waals surface area contributed by atoms with E-state index in [0.29, 0.717) is 12.3 Å². The standard InChI is InChI=1S/C32H35FN4O2/c1-21(2)23-9-11-25(12-10-23)31(24-6-4-3-5-7-24)36-29(38)18-28-17-27(33)20-37(28)30(39)13-8-22-16-26-14-15-34-32(26)35-19-22/h3-7,9-12,14-16,19,21,27-28,31H,8,13,17-18,20H2,1-2H3,(H,34,35)(H,36,38)/t27-,28?,31+/m1/s1. The van der Waals surface area contributed by atoms with Crippen molar-refractivity contribution in [2.24, 2.45) is 0 Å². The van der Waals surface area contributed by atoms with E-state index in [0.717, 1.165) is 27.7 Å². The van der Waals surface area contributed by atoms with E-state index in [4.69, 9.17) is 0 Å². The quantitative estimate of drug-likeness (QED) is 0.287. The van der Waals surface area contributed by atoms with Gasteiger partial charge in [-0.15, -0.1) is 0 Å². The van der Waals surface area contributed by atoms with E-state index < -0.39 is 12.2 Å². The molecule has 0 bridgehead atoms. The summed E-state index contributed by atoms with van der Waals surface area (Å²) in [5, 5.41) is 4.15. The van der Waals surface area contributed by atoms with Gasteiger partial charge in [-0.2, -0.15) is 0 Å². The minimum absolute atomic E-state index is 0.0324. The summed E-state index contributed by atoms with van der Waals surface area (Å²) in [7, 11) is 0. The first-order valence-electron chi connectivity index (χ1n) is 13.7. The monoisotopic (exact) mass is 526 g/mol. The number of benzene rings is 2. The predicted octanol–water partition coefficient (Wildman–Crippen LogP) is 5.85. The molecule has 39 heavy (non-hydrogen) atoms. The molecule has 0 spiro atoms. The number of pyridine rings is 1. The number of aromatic amines is 1. The van der Waals surface area contributed by atoms with Gasteiger partial charge in [0.1, 0.15) is 11.8 Å². The van der Waals surface area contributed by atoms with Gasteiger partial charge in [0, 0.05) is 43.1 Å². The Morgan fingerprint density at radius 3 is 2.51 bits per heavy atom. The number of carbonyl (C=O) groups excluding carboxylic acids is 2. The number of alkyl halides is 1. The van der Waals surface area contributed by atoms with Crippen LogP contribution in [0.5, 0.6) is 0 Å². The molecular formula is C32H35FN4O2. The summed E-state index contributed by atoms with van der Waals surface area (Å²) >= 11 is 0. The Morgan fingerprint density at radius 2 is 1.77 bits per heavy atom. The summed E-state index contributed by atoms with van der Waals surface area (Å²) in [6.07, 6.45) is 3.47. The molecule has 6 nitrogen and oxygen atoms in total. The van der Waals surface area contributed by atoms with Gasteiger partial charge < -0.3 is 15.2 Å². The van der Waals surface area contributed by atoms with Crippen LogP contribution in [0, 0.1) is 0 Å². The first-order chi connectivity index (χ1) is 18.9. The Morgan fingerprint density at radius 1 is 1.05 bits per heavy atom. The number of aryl methyl sites for hydroxylation is 1. The highest BCUT2D eigenvalue weighted by Crippen LogP contribution is 2.27. The van der Waals surface area contributed by atoms with Crippen LogP contribution in [-0.4, -0.2) is 45.4 Å². The van der Waals surface area contributed by atoms with E-state index in [1.165, 1.54) is 5.56 Å². The van der Waals surface area contributed by atoms with Crippen molar-refractivity contribution in [2.45, 2.75) is 63.7 Å². The molecule has 2 N–H and O–H groups in total. The van der Waals surface area contributed by atoms with Crippen LogP contribution in [0.2, 0.25) is 0 Å². The number of carbonyl (C=O) groups is 2. The number of H-pyrrole nitrogens is 1. The molecule has 2 amide bonds. The molecule has 5 rings (SSSR count). The highest BCUT2D eigenvalue weighted by atomic mass is 19.1. The zero-order valence-corrected chi connectivity index (χ0v) is 22.4. The molecule has 1 saturated heterocycles. The van der Waals surface area contributed by atoms with Crippen LogP contribution in [0.15, 0.2) is 79.1 Å². The number of hydrogen-bond donors (Lipinski definition) is 2. The molecule has 2 aromatic heterocycles. The second-order valence-corrected chi connectivity index (χ2v) is 10.7. The van der Waals surface area contributed by atoms with Gasteiger partial charge in [-0.1, -0.05) is 68.4 Å². The number of rotatable bonds is 9. The molecule has 0 saturated carbocycles. The molecule has 1 fully saturated rings. The zero-order valence-electron chi connectivity index (χ0n) is 22.4. The molecule has 1 aliphatic rings. The number of amides is 2. The van der Waals surface area contributed by atoms with Crippen molar-refractivity contribution >= 4 is 22.8 Å². The molecule has 3 heterocycles.